The first-order chi connectivity index (χ1) is 7.97. The number of nitrogens with two attached hydrogens (primary N) is 1. The van der Waals surface area contributed by atoms with Crippen LogP contribution in [0.5, 0.6) is 0 Å². The molecule has 96 valence electrons. The second kappa shape index (κ2) is 6.50. The van der Waals surface area contributed by atoms with Crippen LogP contribution in [-0.4, -0.2) is 31.6 Å². The highest BCUT2D eigenvalue weighted by Crippen LogP contribution is 2.16. The predicted molar refractivity (Wildman–Crippen MR) is 76.3 cm³/mol. The molecule has 1 aromatic rings. The lowest BCUT2D eigenvalue weighted by Crippen LogP contribution is -2.33. The zero-order valence-electron chi connectivity index (χ0n) is 11.4. The molecule has 0 saturated heterocycles. The van der Waals surface area contributed by atoms with E-state index in [4.69, 9.17) is 5.73 Å². The summed E-state index contributed by atoms with van der Waals surface area (Å²) in [4.78, 5) is 2.21. The van der Waals surface area contributed by atoms with Crippen molar-refractivity contribution in [2.75, 3.05) is 31.7 Å². The zero-order chi connectivity index (χ0) is 12.8. The Morgan fingerprint density at radius 1 is 1.29 bits per heavy atom. The molecule has 3 heteroatoms. The van der Waals surface area contributed by atoms with Gasteiger partial charge in [-0.15, -0.1) is 0 Å². The van der Waals surface area contributed by atoms with Crippen molar-refractivity contribution in [2.24, 2.45) is 5.92 Å². The van der Waals surface area contributed by atoms with Crippen molar-refractivity contribution in [3.05, 3.63) is 24.3 Å². The van der Waals surface area contributed by atoms with Crippen LogP contribution in [0.25, 0.3) is 0 Å². The van der Waals surface area contributed by atoms with E-state index in [1.165, 1.54) is 0 Å². The number of hydrogen-bond acceptors (Lipinski definition) is 3. The Morgan fingerprint density at radius 3 is 2.53 bits per heavy atom. The molecule has 0 amide bonds. The molecule has 0 spiro atoms. The van der Waals surface area contributed by atoms with E-state index < -0.39 is 0 Å². The fourth-order valence-electron chi connectivity index (χ4n) is 2.05. The second-order valence-corrected chi connectivity index (χ2v) is 5.36. The van der Waals surface area contributed by atoms with Crippen LogP contribution in [0, 0.1) is 5.92 Å². The lowest BCUT2D eigenvalue weighted by atomic mass is 10.0. The Balaban J connectivity index is 2.64. The summed E-state index contributed by atoms with van der Waals surface area (Å²) in [6.07, 6.45) is 1.16. The molecule has 0 heterocycles. The van der Waals surface area contributed by atoms with E-state index in [0.717, 1.165) is 24.3 Å². The number of anilines is 2. The smallest absolute Gasteiger partial charge is 0.0390 e. The molecule has 0 aliphatic carbocycles. The Hall–Kier alpha value is -1.22. The number of nitrogens with one attached hydrogen (secondary N) is 1. The number of rotatable bonds is 6. The Kier molecular flexibility index (Phi) is 5.29. The van der Waals surface area contributed by atoms with E-state index in [1.807, 2.05) is 18.2 Å². The van der Waals surface area contributed by atoms with Crippen molar-refractivity contribution < 1.29 is 0 Å². The van der Waals surface area contributed by atoms with Crippen LogP contribution in [0.1, 0.15) is 20.3 Å². The van der Waals surface area contributed by atoms with Crippen LogP contribution < -0.4 is 11.1 Å². The fraction of sp³-hybridized carbons (Fsp3) is 0.571. The van der Waals surface area contributed by atoms with Crippen molar-refractivity contribution in [3.8, 4) is 0 Å². The van der Waals surface area contributed by atoms with Gasteiger partial charge >= 0.3 is 0 Å². The molecule has 1 atom stereocenters. The molecule has 0 saturated carbocycles. The van der Waals surface area contributed by atoms with Gasteiger partial charge in [0.1, 0.15) is 0 Å². The van der Waals surface area contributed by atoms with Crippen molar-refractivity contribution in [1.29, 1.82) is 0 Å². The van der Waals surface area contributed by atoms with Gasteiger partial charge in [-0.3, -0.25) is 0 Å². The largest absolute Gasteiger partial charge is 0.399 e. The van der Waals surface area contributed by atoms with Gasteiger partial charge < -0.3 is 16.0 Å². The number of nitrogen functional groups attached to an aromatic ring is 1. The van der Waals surface area contributed by atoms with E-state index in [9.17, 15) is 0 Å². The average Bonchev–Trinajstić information content (AvgIpc) is 2.14. The average molecular weight is 235 g/mol. The van der Waals surface area contributed by atoms with Crippen LogP contribution in [-0.2, 0) is 0 Å². The molecule has 1 unspecified atom stereocenters. The number of likely N-dealkylation sites (N-methyl/N-ethyl adjacent to an activating group) is 1. The summed E-state index contributed by atoms with van der Waals surface area (Å²) in [6, 6.07) is 8.42. The van der Waals surface area contributed by atoms with Gasteiger partial charge in [-0.1, -0.05) is 19.9 Å². The summed E-state index contributed by atoms with van der Waals surface area (Å²) in [7, 11) is 4.21. The third kappa shape index (κ3) is 5.59. The normalized spacial score (nSPS) is 13.1. The highest BCUT2D eigenvalue weighted by Gasteiger charge is 2.11. The number of hydrogen-bond donors (Lipinski definition) is 2. The lowest BCUT2D eigenvalue weighted by molar-refractivity contribution is 0.356. The molecular weight excluding hydrogens is 210 g/mol. The van der Waals surface area contributed by atoms with E-state index in [1.54, 1.807) is 0 Å². The lowest BCUT2D eigenvalue weighted by Gasteiger charge is -2.25. The summed E-state index contributed by atoms with van der Waals surface area (Å²) in [5, 5.41) is 3.56. The topological polar surface area (TPSA) is 41.3 Å². The number of nitrogens with zero attached hydrogens (tertiary/aromatic N) is 1. The third-order valence-corrected chi connectivity index (χ3v) is 2.60. The SMILES string of the molecule is CC(C)CC(CN(C)C)Nc1cccc(N)c1. The predicted octanol–water partition coefficient (Wildman–Crippen LogP) is 2.66. The van der Waals surface area contributed by atoms with Gasteiger partial charge in [0, 0.05) is 24.0 Å². The van der Waals surface area contributed by atoms with Gasteiger partial charge in [-0.2, -0.15) is 0 Å². The molecule has 0 aromatic heterocycles. The van der Waals surface area contributed by atoms with Gasteiger partial charge in [0.05, 0.1) is 0 Å². The van der Waals surface area contributed by atoms with Crippen LogP contribution in [0.15, 0.2) is 24.3 Å². The van der Waals surface area contributed by atoms with Gasteiger partial charge in [-0.25, -0.2) is 0 Å². The molecule has 1 rings (SSSR count). The molecule has 0 aliphatic heterocycles. The van der Waals surface area contributed by atoms with E-state index in [2.05, 4.69) is 44.2 Å². The maximum atomic E-state index is 5.79. The van der Waals surface area contributed by atoms with Crippen LogP contribution in [0.4, 0.5) is 11.4 Å². The summed E-state index contributed by atoms with van der Waals surface area (Å²) in [5.41, 5.74) is 7.70. The maximum Gasteiger partial charge on any atom is 0.0390 e. The van der Waals surface area contributed by atoms with E-state index >= 15 is 0 Å². The highest BCUT2D eigenvalue weighted by atomic mass is 15.1. The van der Waals surface area contributed by atoms with Crippen molar-refractivity contribution in [1.82, 2.24) is 4.90 Å². The fourth-order valence-corrected chi connectivity index (χ4v) is 2.05. The molecule has 0 bridgehead atoms. The van der Waals surface area contributed by atoms with E-state index in [0.29, 0.717) is 12.0 Å². The molecule has 0 fully saturated rings. The molecule has 0 radical (unpaired) electrons. The van der Waals surface area contributed by atoms with Gasteiger partial charge in [0.2, 0.25) is 0 Å². The molecule has 3 N–H and O–H groups in total. The van der Waals surface area contributed by atoms with Gasteiger partial charge in [-0.05, 0) is 44.6 Å². The summed E-state index contributed by atoms with van der Waals surface area (Å²) < 4.78 is 0. The van der Waals surface area contributed by atoms with Crippen molar-refractivity contribution in [2.45, 2.75) is 26.3 Å². The Labute approximate surface area is 105 Å². The van der Waals surface area contributed by atoms with Gasteiger partial charge in [0.15, 0.2) is 0 Å². The summed E-state index contributed by atoms with van der Waals surface area (Å²) in [6.45, 7) is 5.54. The number of benzene rings is 1. The molecule has 0 aliphatic rings. The first kappa shape index (κ1) is 13.8. The van der Waals surface area contributed by atoms with Gasteiger partial charge in [0.25, 0.3) is 0 Å². The first-order valence-electron chi connectivity index (χ1n) is 6.24. The standard InChI is InChI=1S/C14H25N3/c1-11(2)8-14(10-17(3)4)16-13-7-5-6-12(15)9-13/h5-7,9,11,14,16H,8,10,15H2,1-4H3. The zero-order valence-corrected chi connectivity index (χ0v) is 11.4. The highest BCUT2D eigenvalue weighted by molar-refractivity contribution is 5.54. The molecule has 17 heavy (non-hydrogen) atoms. The second-order valence-electron chi connectivity index (χ2n) is 5.36. The third-order valence-electron chi connectivity index (χ3n) is 2.60. The molecule has 3 nitrogen and oxygen atoms in total. The minimum absolute atomic E-state index is 0.465. The first-order valence-corrected chi connectivity index (χ1v) is 6.24. The molecular formula is C14H25N3. The summed E-state index contributed by atoms with van der Waals surface area (Å²) in [5.74, 6) is 0.688. The monoisotopic (exact) mass is 235 g/mol. The maximum absolute atomic E-state index is 5.79. The Bertz CT molecular complexity index is 324. The summed E-state index contributed by atoms with van der Waals surface area (Å²) >= 11 is 0. The van der Waals surface area contributed by atoms with Crippen molar-refractivity contribution in [3.63, 3.8) is 0 Å². The quantitative estimate of drug-likeness (QED) is 0.745. The van der Waals surface area contributed by atoms with Crippen LogP contribution in [0.3, 0.4) is 0 Å². The minimum Gasteiger partial charge on any atom is -0.399 e. The molecule has 1 aromatic carbocycles. The Morgan fingerprint density at radius 2 is 2.00 bits per heavy atom. The minimum atomic E-state index is 0.465. The van der Waals surface area contributed by atoms with E-state index in [-0.39, 0.29) is 0 Å². The van der Waals surface area contributed by atoms with Crippen LogP contribution >= 0.6 is 0 Å². The van der Waals surface area contributed by atoms with Crippen molar-refractivity contribution >= 4 is 11.4 Å². The van der Waals surface area contributed by atoms with Crippen LogP contribution in [0.2, 0.25) is 0 Å².